The second kappa shape index (κ2) is 9.76. The van der Waals surface area contributed by atoms with Crippen molar-refractivity contribution in [3.8, 4) is 0 Å². The molecule has 0 spiro atoms. The highest BCUT2D eigenvalue weighted by atomic mass is 79.9. The van der Waals surface area contributed by atoms with Crippen LogP contribution >= 0.6 is 15.9 Å². The quantitative estimate of drug-likeness (QED) is 0.328. The van der Waals surface area contributed by atoms with E-state index in [1.807, 2.05) is 0 Å². The lowest BCUT2D eigenvalue weighted by molar-refractivity contribution is -0.187. The Morgan fingerprint density at radius 1 is 1.00 bits per heavy atom. The molecule has 3 atom stereocenters. The summed E-state index contributed by atoms with van der Waals surface area (Å²) < 4.78 is 46.2. The fourth-order valence-corrected chi connectivity index (χ4v) is 1.84. The smallest absolute Gasteiger partial charge is 0.303 e. The van der Waals surface area contributed by atoms with Gasteiger partial charge in [-0.3, -0.25) is 14.4 Å². The van der Waals surface area contributed by atoms with Crippen molar-refractivity contribution in [2.75, 3.05) is 13.2 Å². The molecule has 7 nitrogen and oxygen atoms in total. The topological polar surface area (TPSA) is 88.1 Å². The molecule has 0 saturated heterocycles. The van der Waals surface area contributed by atoms with Crippen molar-refractivity contribution in [1.82, 2.24) is 0 Å². The summed E-state index contributed by atoms with van der Waals surface area (Å²) in [6.07, 6.45) is -2.94. The number of carbonyl (C=O) groups is 3. The van der Waals surface area contributed by atoms with Crippen molar-refractivity contribution in [2.45, 2.75) is 50.8 Å². The number of rotatable bonds is 9. The summed E-state index contributed by atoms with van der Waals surface area (Å²) in [7, 11) is 0. The van der Waals surface area contributed by atoms with Gasteiger partial charge in [0.2, 0.25) is 0 Å². The fraction of sp³-hybridized carbons (Fsp3) is 0.769. The highest BCUT2D eigenvalue weighted by Crippen LogP contribution is 2.25. The van der Waals surface area contributed by atoms with Gasteiger partial charge >= 0.3 is 17.9 Å². The third-order valence-electron chi connectivity index (χ3n) is 2.36. The molecule has 134 valence electrons. The van der Waals surface area contributed by atoms with Crippen LogP contribution in [0, 0.1) is 0 Å². The highest BCUT2D eigenvalue weighted by molar-refractivity contribution is 9.09. The normalized spacial score (nSPS) is 15.3. The van der Waals surface area contributed by atoms with Crippen LogP contribution in [0.4, 0.5) is 8.78 Å². The van der Waals surface area contributed by atoms with Crippen LogP contribution in [0.3, 0.4) is 0 Å². The van der Waals surface area contributed by atoms with Gasteiger partial charge in [-0.05, 0) is 0 Å². The maximum atomic E-state index is 13.5. The first-order chi connectivity index (χ1) is 10.4. The zero-order valence-corrected chi connectivity index (χ0v) is 14.7. The van der Waals surface area contributed by atoms with E-state index < -0.39 is 47.7 Å². The molecule has 3 unspecified atom stereocenters. The Labute approximate surface area is 140 Å². The predicted molar refractivity (Wildman–Crippen MR) is 77.0 cm³/mol. The van der Waals surface area contributed by atoms with E-state index in [0.717, 1.165) is 20.8 Å². The summed E-state index contributed by atoms with van der Waals surface area (Å²) >= 11 is 2.96. The summed E-state index contributed by atoms with van der Waals surface area (Å²) in [5.74, 6) is -5.43. The average molecular weight is 405 g/mol. The highest BCUT2D eigenvalue weighted by Gasteiger charge is 2.39. The van der Waals surface area contributed by atoms with Gasteiger partial charge in [-0.15, -0.1) is 0 Å². The minimum absolute atomic E-state index is 0.388. The molecule has 0 aliphatic rings. The van der Waals surface area contributed by atoms with Crippen LogP contribution in [-0.2, 0) is 33.3 Å². The SMILES string of the molecule is CC(=O)OCC(OC(C)=O)C(Br)OC(COC(C)=O)C(C)(F)F. The molecule has 0 rings (SSSR count). The molecule has 0 aromatic rings. The van der Waals surface area contributed by atoms with Crippen LogP contribution in [0.1, 0.15) is 27.7 Å². The first kappa shape index (κ1) is 21.7. The Morgan fingerprint density at radius 2 is 1.48 bits per heavy atom. The molecule has 10 heteroatoms. The number of hydrogen-bond acceptors (Lipinski definition) is 7. The monoisotopic (exact) mass is 404 g/mol. The van der Waals surface area contributed by atoms with Gasteiger partial charge in [-0.25, -0.2) is 8.78 Å². The van der Waals surface area contributed by atoms with Crippen LogP contribution < -0.4 is 0 Å². The Balaban J connectivity index is 4.91. The van der Waals surface area contributed by atoms with E-state index in [9.17, 15) is 23.2 Å². The van der Waals surface area contributed by atoms with Gasteiger partial charge in [0.1, 0.15) is 13.2 Å². The van der Waals surface area contributed by atoms with Crippen molar-refractivity contribution in [2.24, 2.45) is 0 Å². The minimum Gasteiger partial charge on any atom is -0.463 e. The third-order valence-corrected chi connectivity index (χ3v) is 3.16. The largest absolute Gasteiger partial charge is 0.463 e. The van der Waals surface area contributed by atoms with Gasteiger partial charge in [-0.1, -0.05) is 15.9 Å². The lowest BCUT2D eigenvalue weighted by Gasteiger charge is -2.29. The van der Waals surface area contributed by atoms with Crippen LogP contribution in [0.2, 0.25) is 0 Å². The molecule has 0 aliphatic heterocycles. The molecule has 0 saturated carbocycles. The second-order valence-electron chi connectivity index (χ2n) is 4.69. The Kier molecular flexibility index (Phi) is 9.21. The van der Waals surface area contributed by atoms with Crippen molar-refractivity contribution < 1.29 is 42.1 Å². The van der Waals surface area contributed by atoms with Gasteiger partial charge in [-0.2, -0.15) is 0 Å². The molecule has 0 radical (unpaired) electrons. The van der Waals surface area contributed by atoms with Gasteiger partial charge in [0, 0.05) is 27.7 Å². The summed E-state index contributed by atoms with van der Waals surface area (Å²) in [6, 6.07) is 0. The molecule has 0 aliphatic carbocycles. The Hall–Kier alpha value is -1.29. The molecule has 0 heterocycles. The molecule has 0 bridgehead atoms. The van der Waals surface area contributed by atoms with Crippen molar-refractivity contribution >= 4 is 33.8 Å². The van der Waals surface area contributed by atoms with E-state index in [1.165, 1.54) is 0 Å². The maximum absolute atomic E-state index is 13.5. The maximum Gasteiger partial charge on any atom is 0.303 e. The van der Waals surface area contributed by atoms with Gasteiger partial charge in [0.15, 0.2) is 17.2 Å². The standard InChI is InChI=1S/C13H19BrF2O7/c1-7(17)20-5-10(22-9(3)19)12(14)23-11(13(4,15)16)6-21-8(2)18/h10-12H,5-6H2,1-4H3. The molecule has 0 aromatic heterocycles. The minimum atomic E-state index is -3.33. The zero-order valence-electron chi connectivity index (χ0n) is 13.1. The molecule has 0 N–H and O–H groups in total. The summed E-state index contributed by atoms with van der Waals surface area (Å²) in [5.41, 5.74) is 0. The number of esters is 3. The number of hydrogen-bond donors (Lipinski definition) is 0. The van der Waals surface area contributed by atoms with Gasteiger partial charge in [0.05, 0.1) is 0 Å². The van der Waals surface area contributed by atoms with Crippen LogP contribution in [0.15, 0.2) is 0 Å². The Bertz CT molecular complexity index is 425. The lowest BCUT2D eigenvalue weighted by atomic mass is 10.2. The summed E-state index contributed by atoms with van der Waals surface area (Å²) in [5, 5.41) is -1.21. The lowest BCUT2D eigenvalue weighted by Crippen LogP contribution is -2.43. The number of halogens is 3. The van der Waals surface area contributed by atoms with E-state index in [-0.39, 0.29) is 6.61 Å². The molecular formula is C13H19BrF2O7. The van der Waals surface area contributed by atoms with E-state index in [1.54, 1.807) is 0 Å². The van der Waals surface area contributed by atoms with E-state index in [4.69, 9.17) is 14.2 Å². The van der Waals surface area contributed by atoms with Crippen LogP contribution in [-0.4, -0.2) is 54.3 Å². The predicted octanol–water partition coefficient (Wildman–Crippen LogP) is 1.81. The first-order valence-electron chi connectivity index (χ1n) is 6.54. The fourth-order valence-electron chi connectivity index (χ4n) is 1.32. The molecule has 0 amide bonds. The number of carbonyl (C=O) groups excluding carboxylic acids is 3. The van der Waals surface area contributed by atoms with Gasteiger partial charge in [0.25, 0.3) is 5.92 Å². The van der Waals surface area contributed by atoms with Gasteiger partial charge < -0.3 is 18.9 Å². The molecule has 23 heavy (non-hydrogen) atoms. The van der Waals surface area contributed by atoms with Crippen molar-refractivity contribution in [1.29, 1.82) is 0 Å². The molecular weight excluding hydrogens is 386 g/mol. The van der Waals surface area contributed by atoms with Crippen LogP contribution in [0.25, 0.3) is 0 Å². The first-order valence-corrected chi connectivity index (χ1v) is 7.46. The third kappa shape index (κ3) is 10.2. The molecule has 0 fully saturated rings. The van der Waals surface area contributed by atoms with Crippen LogP contribution in [0.5, 0.6) is 0 Å². The number of ether oxygens (including phenoxy) is 4. The summed E-state index contributed by atoms with van der Waals surface area (Å²) in [4.78, 5) is 32.6. The van der Waals surface area contributed by atoms with Crippen molar-refractivity contribution in [3.63, 3.8) is 0 Å². The van der Waals surface area contributed by atoms with E-state index in [2.05, 4.69) is 20.7 Å². The van der Waals surface area contributed by atoms with Crippen molar-refractivity contribution in [3.05, 3.63) is 0 Å². The van der Waals surface area contributed by atoms with E-state index >= 15 is 0 Å². The average Bonchev–Trinajstić information content (AvgIpc) is 2.36. The zero-order chi connectivity index (χ0) is 18.2. The number of alkyl halides is 3. The van der Waals surface area contributed by atoms with E-state index in [0.29, 0.717) is 6.92 Å². The Morgan fingerprint density at radius 3 is 1.87 bits per heavy atom. The summed E-state index contributed by atoms with van der Waals surface area (Å²) in [6.45, 7) is 2.82. The second-order valence-corrected chi connectivity index (χ2v) is 5.59. The molecule has 0 aromatic carbocycles.